The third-order valence-corrected chi connectivity index (χ3v) is 3.90. The number of carbonyl (C=O) groups excluding carboxylic acids is 1. The topological polar surface area (TPSA) is 32.8 Å². The minimum Gasteiger partial charge on any atom is -0.376 e. The molecule has 1 aliphatic heterocycles. The molecule has 1 fully saturated rings. The van der Waals surface area contributed by atoms with Crippen LogP contribution in [-0.2, 0) is 4.74 Å². The number of rotatable bonds is 6. The summed E-state index contributed by atoms with van der Waals surface area (Å²) in [6.45, 7) is 3.01. The van der Waals surface area contributed by atoms with Gasteiger partial charge in [-0.1, -0.05) is 11.6 Å². The number of carbonyl (C=O) groups is 1. The molecule has 1 atom stereocenters. The van der Waals surface area contributed by atoms with Crippen LogP contribution in [0.2, 0.25) is 5.02 Å². The van der Waals surface area contributed by atoms with Crippen LogP contribution in [0, 0.1) is 0 Å². The summed E-state index contributed by atoms with van der Waals surface area (Å²) in [7, 11) is 4.02. The molecule has 0 N–H and O–H groups in total. The van der Waals surface area contributed by atoms with Crippen LogP contribution in [-0.4, -0.2) is 62.1 Å². The van der Waals surface area contributed by atoms with Crippen molar-refractivity contribution in [1.82, 2.24) is 9.80 Å². The van der Waals surface area contributed by atoms with Crippen molar-refractivity contribution in [2.24, 2.45) is 0 Å². The first-order valence-electron chi connectivity index (χ1n) is 7.37. The molecule has 5 heteroatoms. The van der Waals surface area contributed by atoms with Crippen LogP contribution >= 0.6 is 11.6 Å². The van der Waals surface area contributed by atoms with Crippen molar-refractivity contribution in [3.05, 3.63) is 34.9 Å². The number of amides is 1. The Labute approximate surface area is 131 Å². The minimum absolute atomic E-state index is 0.0454. The highest BCUT2D eigenvalue weighted by Crippen LogP contribution is 2.16. The van der Waals surface area contributed by atoms with Gasteiger partial charge >= 0.3 is 0 Å². The Kier molecular flexibility index (Phi) is 6.03. The Morgan fingerprint density at radius 2 is 2.00 bits per heavy atom. The molecule has 0 aromatic heterocycles. The van der Waals surface area contributed by atoms with Crippen molar-refractivity contribution >= 4 is 17.5 Å². The summed E-state index contributed by atoms with van der Waals surface area (Å²) in [6, 6.07) is 7.07. The van der Waals surface area contributed by atoms with Crippen molar-refractivity contribution in [1.29, 1.82) is 0 Å². The lowest BCUT2D eigenvalue weighted by Gasteiger charge is -2.27. The summed E-state index contributed by atoms with van der Waals surface area (Å²) in [6.07, 6.45) is 2.29. The maximum Gasteiger partial charge on any atom is 0.253 e. The molecule has 0 aliphatic carbocycles. The monoisotopic (exact) mass is 310 g/mol. The molecule has 1 aromatic carbocycles. The summed E-state index contributed by atoms with van der Waals surface area (Å²) in [5, 5.41) is 0.644. The van der Waals surface area contributed by atoms with E-state index in [2.05, 4.69) is 4.90 Å². The Morgan fingerprint density at radius 3 is 2.57 bits per heavy atom. The molecule has 1 aliphatic rings. The first-order chi connectivity index (χ1) is 10.1. The van der Waals surface area contributed by atoms with E-state index >= 15 is 0 Å². The largest absolute Gasteiger partial charge is 0.376 e. The number of hydrogen-bond donors (Lipinski definition) is 0. The van der Waals surface area contributed by atoms with Gasteiger partial charge in [0.1, 0.15) is 0 Å². The molecule has 0 bridgehead atoms. The van der Waals surface area contributed by atoms with Crippen molar-refractivity contribution in [3.63, 3.8) is 0 Å². The van der Waals surface area contributed by atoms with E-state index in [0.717, 1.165) is 26.0 Å². The minimum atomic E-state index is 0.0454. The normalized spacial score (nSPS) is 18.2. The van der Waals surface area contributed by atoms with Gasteiger partial charge in [-0.15, -0.1) is 0 Å². The van der Waals surface area contributed by atoms with E-state index in [9.17, 15) is 4.79 Å². The number of benzene rings is 1. The molecule has 1 aromatic rings. The molecule has 1 heterocycles. The van der Waals surface area contributed by atoms with Crippen molar-refractivity contribution in [3.8, 4) is 0 Å². The van der Waals surface area contributed by atoms with E-state index in [1.165, 1.54) is 0 Å². The Morgan fingerprint density at radius 1 is 1.29 bits per heavy atom. The predicted octanol–water partition coefficient (Wildman–Crippen LogP) is 2.52. The van der Waals surface area contributed by atoms with Gasteiger partial charge in [0.05, 0.1) is 6.10 Å². The molecule has 1 amide bonds. The molecule has 4 nitrogen and oxygen atoms in total. The second-order valence-corrected chi connectivity index (χ2v) is 6.13. The van der Waals surface area contributed by atoms with E-state index in [1.54, 1.807) is 24.3 Å². The first-order valence-corrected chi connectivity index (χ1v) is 7.75. The zero-order chi connectivity index (χ0) is 15.2. The summed E-state index contributed by atoms with van der Waals surface area (Å²) in [5.74, 6) is 0.0454. The Hall–Kier alpha value is -1.10. The lowest BCUT2D eigenvalue weighted by Crippen LogP contribution is -2.41. The summed E-state index contributed by atoms with van der Waals surface area (Å²) < 4.78 is 5.67. The van der Waals surface area contributed by atoms with Gasteiger partial charge in [0, 0.05) is 36.8 Å². The van der Waals surface area contributed by atoms with Crippen molar-refractivity contribution < 1.29 is 9.53 Å². The van der Waals surface area contributed by atoms with E-state index < -0.39 is 0 Å². The van der Waals surface area contributed by atoms with E-state index in [-0.39, 0.29) is 12.0 Å². The van der Waals surface area contributed by atoms with E-state index in [4.69, 9.17) is 16.3 Å². The highest BCUT2D eigenvalue weighted by atomic mass is 35.5. The van der Waals surface area contributed by atoms with Crippen LogP contribution in [0.3, 0.4) is 0 Å². The maximum atomic E-state index is 12.7. The fourth-order valence-electron chi connectivity index (χ4n) is 2.41. The molecule has 2 rings (SSSR count). The van der Waals surface area contributed by atoms with E-state index in [1.807, 2.05) is 19.0 Å². The summed E-state index contributed by atoms with van der Waals surface area (Å²) in [5.41, 5.74) is 0.677. The third kappa shape index (κ3) is 4.99. The lowest BCUT2D eigenvalue weighted by atomic mass is 10.1. The standard InChI is InChI=1S/C16H23ClN2O2/c1-18(2)9-10-19(12-15-4-3-11-21-15)16(20)13-5-7-14(17)8-6-13/h5-8,15H,3-4,9-12H2,1-2H3. The quantitative estimate of drug-likeness (QED) is 0.809. The molecule has 0 spiro atoms. The van der Waals surface area contributed by atoms with Crippen LogP contribution < -0.4 is 0 Å². The maximum absolute atomic E-state index is 12.7. The van der Waals surface area contributed by atoms with Crippen molar-refractivity contribution in [2.75, 3.05) is 40.3 Å². The third-order valence-electron chi connectivity index (χ3n) is 3.64. The number of likely N-dealkylation sites (N-methyl/N-ethyl adjacent to an activating group) is 1. The van der Waals surface area contributed by atoms with Crippen LogP contribution in [0.25, 0.3) is 0 Å². The molecule has 1 unspecified atom stereocenters. The summed E-state index contributed by atoms with van der Waals surface area (Å²) in [4.78, 5) is 16.6. The van der Waals surface area contributed by atoms with Gasteiger partial charge in [0.2, 0.25) is 0 Å². The second-order valence-electron chi connectivity index (χ2n) is 5.70. The molecule has 116 valence electrons. The van der Waals surface area contributed by atoms with Crippen LogP contribution in [0.15, 0.2) is 24.3 Å². The molecule has 1 saturated heterocycles. The van der Waals surface area contributed by atoms with Gasteiger partial charge in [-0.25, -0.2) is 0 Å². The Bertz CT molecular complexity index is 456. The molecule has 21 heavy (non-hydrogen) atoms. The smallest absolute Gasteiger partial charge is 0.253 e. The van der Waals surface area contributed by atoms with Crippen LogP contribution in [0.4, 0.5) is 0 Å². The van der Waals surface area contributed by atoms with E-state index in [0.29, 0.717) is 23.7 Å². The van der Waals surface area contributed by atoms with Gasteiger partial charge in [0.25, 0.3) is 5.91 Å². The van der Waals surface area contributed by atoms with Crippen LogP contribution in [0.5, 0.6) is 0 Å². The van der Waals surface area contributed by atoms with Gasteiger partial charge in [-0.3, -0.25) is 4.79 Å². The number of halogens is 1. The highest BCUT2D eigenvalue weighted by molar-refractivity contribution is 6.30. The lowest BCUT2D eigenvalue weighted by molar-refractivity contribution is 0.0512. The number of ether oxygens (including phenoxy) is 1. The van der Waals surface area contributed by atoms with Gasteiger partial charge in [-0.05, 0) is 51.2 Å². The number of hydrogen-bond acceptors (Lipinski definition) is 3. The fourth-order valence-corrected chi connectivity index (χ4v) is 2.53. The van der Waals surface area contributed by atoms with Gasteiger partial charge in [-0.2, -0.15) is 0 Å². The predicted molar refractivity (Wildman–Crippen MR) is 84.9 cm³/mol. The molecular weight excluding hydrogens is 288 g/mol. The van der Waals surface area contributed by atoms with Crippen LogP contribution in [0.1, 0.15) is 23.2 Å². The zero-order valence-electron chi connectivity index (χ0n) is 12.7. The first kappa shape index (κ1) is 16.3. The van der Waals surface area contributed by atoms with Crippen molar-refractivity contribution in [2.45, 2.75) is 18.9 Å². The van der Waals surface area contributed by atoms with Gasteiger partial charge in [0.15, 0.2) is 0 Å². The second kappa shape index (κ2) is 7.78. The fraction of sp³-hybridized carbons (Fsp3) is 0.562. The number of nitrogens with zero attached hydrogens (tertiary/aromatic N) is 2. The van der Waals surface area contributed by atoms with Gasteiger partial charge < -0.3 is 14.5 Å². The molecular formula is C16H23ClN2O2. The Balaban J connectivity index is 2.04. The zero-order valence-corrected chi connectivity index (χ0v) is 13.5. The molecule has 0 saturated carbocycles. The average Bonchev–Trinajstić information content (AvgIpc) is 2.96. The SMILES string of the molecule is CN(C)CCN(CC1CCCO1)C(=O)c1ccc(Cl)cc1. The average molecular weight is 311 g/mol. The highest BCUT2D eigenvalue weighted by Gasteiger charge is 2.23. The molecule has 0 radical (unpaired) electrons. The summed E-state index contributed by atoms with van der Waals surface area (Å²) >= 11 is 5.88.